The van der Waals surface area contributed by atoms with Crippen LogP contribution >= 0.6 is 10.7 Å². The zero-order valence-electron chi connectivity index (χ0n) is 11.6. The number of hydrogen-bond acceptors (Lipinski definition) is 5. The monoisotopic (exact) mass is 341 g/mol. The summed E-state index contributed by atoms with van der Waals surface area (Å²) in [6.45, 7) is 1.78. The van der Waals surface area contributed by atoms with Crippen LogP contribution in [0.4, 0.5) is 5.69 Å². The van der Waals surface area contributed by atoms with Crippen LogP contribution in [0.25, 0.3) is 11.0 Å². The van der Waals surface area contributed by atoms with Gasteiger partial charge in [-0.3, -0.25) is 4.79 Å². The van der Waals surface area contributed by atoms with Gasteiger partial charge in [-0.2, -0.15) is 0 Å². The van der Waals surface area contributed by atoms with Crippen LogP contribution in [0.5, 0.6) is 0 Å². The van der Waals surface area contributed by atoms with E-state index in [0.29, 0.717) is 11.3 Å². The SMILES string of the molecule is Cc1cc(=O)oc2cc(N3CC(S(=O)(=O)Cl)CC3=O)ccc12. The van der Waals surface area contributed by atoms with E-state index in [4.69, 9.17) is 15.1 Å². The third kappa shape index (κ3) is 2.62. The van der Waals surface area contributed by atoms with Gasteiger partial charge in [-0.05, 0) is 24.6 Å². The maximum atomic E-state index is 12.0. The number of rotatable bonds is 2. The molecule has 1 aromatic heterocycles. The highest BCUT2D eigenvalue weighted by Gasteiger charge is 2.38. The lowest BCUT2D eigenvalue weighted by atomic mass is 10.1. The van der Waals surface area contributed by atoms with Crippen molar-refractivity contribution >= 4 is 42.3 Å². The number of aryl methyl sites for hydroxylation is 1. The number of hydrogen-bond donors (Lipinski definition) is 0. The molecule has 22 heavy (non-hydrogen) atoms. The molecule has 1 aromatic carbocycles. The molecule has 0 N–H and O–H groups in total. The summed E-state index contributed by atoms with van der Waals surface area (Å²) in [6.07, 6.45) is -0.151. The van der Waals surface area contributed by atoms with Gasteiger partial charge in [-0.15, -0.1) is 0 Å². The van der Waals surface area contributed by atoms with Gasteiger partial charge in [-0.1, -0.05) is 0 Å². The summed E-state index contributed by atoms with van der Waals surface area (Å²) < 4.78 is 27.9. The van der Waals surface area contributed by atoms with Gasteiger partial charge >= 0.3 is 5.63 Å². The van der Waals surface area contributed by atoms with Gasteiger partial charge in [0.25, 0.3) is 0 Å². The molecule has 1 unspecified atom stereocenters. The molecule has 1 aliphatic heterocycles. The van der Waals surface area contributed by atoms with Gasteiger partial charge in [0, 0.05) is 46.9 Å². The Morgan fingerprint density at radius 1 is 1.27 bits per heavy atom. The summed E-state index contributed by atoms with van der Waals surface area (Å²) in [6, 6.07) is 6.37. The summed E-state index contributed by atoms with van der Waals surface area (Å²) in [5, 5.41) is -0.168. The molecule has 1 aliphatic rings. The van der Waals surface area contributed by atoms with Crippen LogP contribution in [0.1, 0.15) is 12.0 Å². The molecular weight excluding hydrogens is 330 g/mol. The predicted octanol–water partition coefficient (Wildman–Crippen LogP) is 1.78. The van der Waals surface area contributed by atoms with E-state index in [1.54, 1.807) is 25.1 Å². The van der Waals surface area contributed by atoms with Gasteiger partial charge in [-0.25, -0.2) is 13.2 Å². The molecule has 1 fully saturated rings. The minimum atomic E-state index is -3.80. The van der Waals surface area contributed by atoms with Gasteiger partial charge in [0.05, 0.1) is 0 Å². The zero-order chi connectivity index (χ0) is 16.1. The smallest absolute Gasteiger partial charge is 0.336 e. The molecule has 1 amide bonds. The van der Waals surface area contributed by atoms with Crippen molar-refractivity contribution in [1.82, 2.24) is 0 Å². The number of anilines is 1. The van der Waals surface area contributed by atoms with E-state index < -0.39 is 19.9 Å². The summed E-state index contributed by atoms with van der Waals surface area (Å²) in [5.41, 5.74) is 1.13. The lowest BCUT2D eigenvalue weighted by Crippen LogP contribution is -2.26. The minimum absolute atomic E-state index is 0.00772. The fraction of sp³-hybridized carbons (Fsp3) is 0.286. The van der Waals surface area contributed by atoms with Crippen LogP contribution in [-0.4, -0.2) is 26.1 Å². The maximum absolute atomic E-state index is 12.0. The first kappa shape index (κ1) is 15.1. The lowest BCUT2D eigenvalue weighted by molar-refractivity contribution is -0.117. The highest BCUT2D eigenvalue weighted by atomic mass is 35.7. The quantitative estimate of drug-likeness (QED) is 0.614. The Balaban J connectivity index is 2.04. The number of benzene rings is 1. The minimum Gasteiger partial charge on any atom is -0.423 e. The fourth-order valence-corrected chi connectivity index (χ4v) is 3.62. The van der Waals surface area contributed by atoms with Crippen LogP contribution < -0.4 is 10.5 Å². The number of nitrogens with zero attached hydrogens (tertiary/aromatic N) is 1. The van der Waals surface area contributed by atoms with E-state index in [-0.39, 0.29) is 18.9 Å². The molecule has 6 nitrogen and oxygen atoms in total. The van der Waals surface area contributed by atoms with Crippen molar-refractivity contribution in [3.63, 3.8) is 0 Å². The molecule has 0 spiro atoms. The molecule has 1 atom stereocenters. The van der Waals surface area contributed by atoms with Crippen LogP contribution in [-0.2, 0) is 13.8 Å². The van der Waals surface area contributed by atoms with Crippen LogP contribution in [0.2, 0.25) is 0 Å². The lowest BCUT2D eigenvalue weighted by Gasteiger charge is -2.16. The molecule has 116 valence electrons. The molecule has 0 radical (unpaired) electrons. The Kier molecular flexibility index (Phi) is 3.49. The number of amides is 1. The third-order valence-electron chi connectivity index (χ3n) is 3.73. The maximum Gasteiger partial charge on any atom is 0.336 e. The number of carbonyl (C=O) groups excluding carboxylic acids is 1. The van der Waals surface area contributed by atoms with Crippen molar-refractivity contribution in [2.45, 2.75) is 18.6 Å². The Morgan fingerprint density at radius 2 is 2.00 bits per heavy atom. The molecule has 3 rings (SSSR count). The number of fused-ring (bicyclic) bond motifs is 1. The predicted molar refractivity (Wildman–Crippen MR) is 82.8 cm³/mol. The highest BCUT2D eigenvalue weighted by Crippen LogP contribution is 2.29. The molecule has 2 aromatic rings. The normalized spacial score (nSPS) is 19.1. The molecule has 0 aliphatic carbocycles. The number of carbonyl (C=O) groups is 1. The fourth-order valence-electron chi connectivity index (χ4n) is 2.59. The zero-order valence-corrected chi connectivity index (χ0v) is 13.1. The Hall–Kier alpha value is -1.86. The molecule has 0 saturated carbocycles. The third-order valence-corrected chi connectivity index (χ3v) is 5.60. The standard InChI is InChI=1S/C14H12ClNO5S/c1-8-4-14(18)21-12-5-9(2-3-11(8)12)16-7-10(6-13(16)17)22(15,19)20/h2-5,10H,6-7H2,1H3. The average Bonchev–Trinajstić information content (AvgIpc) is 2.80. The van der Waals surface area contributed by atoms with E-state index >= 15 is 0 Å². The Morgan fingerprint density at radius 3 is 2.64 bits per heavy atom. The van der Waals surface area contributed by atoms with E-state index in [2.05, 4.69) is 0 Å². The molecule has 2 heterocycles. The molecule has 0 bridgehead atoms. The molecule has 1 saturated heterocycles. The van der Waals surface area contributed by atoms with Crippen molar-refractivity contribution in [1.29, 1.82) is 0 Å². The van der Waals surface area contributed by atoms with E-state index in [1.807, 2.05) is 0 Å². The second-order valence-corrected chi connectivity index (χ2v) is 8.14. The average molecular weight is 342 g/mol. The topological polar surface area (TPSA) is 84.7 Å². The number of halogens is 1. The van der Waals surface area contributed by atoms with E-state index in [0.717, 1.165) is 10.9 Å². The van der Waals surface area contributed by atoms with Crippen molar-refractivity contribution in [3.05, 3.63) is 40.2 Å². The van der Waals surface area contributed by atoms with E-state index in [9.17, 15) is 18.0 Å². The van der Waals surface area contributed by atoms with Crippen molar-refractivity contribution in [2.24, 2.45) is 0 Å². The van der Waals surface area contributed by atoms with Gasteiger partial charge in [0.15, 0.2) is 0 Å². The van der Waals surface area contributed by atoms with Crippen molar-refractivity contribution in [2.75, 3.05) is 11.4 Å². The summed E-state index contributed by atoms with van der Waals surface area (Å²) in [4.78, 5) is 24.8. The summed E-state index contributed by atoms with van der Waals surface area (Å²) in [5.74, 6) is -0.330. The van der Waals surface area contributed by atoms with Crippen molar-refractivity contribution in [3.8, 4) is 0 Å². The van der Waals surface area contributed by atoms with E-state index in [1.165, 1.54) is 11.0 Å². The van der Waals surface area contributed by atoms with Gasteiger partial charge in [0.1, 0.15) is 10.8 Å². The summed E-state index contributed by atoms with van der Waals surface area (Å²) in [7, 11) is 1.53. The first-order chi connectivity index (χ1) is 10.3. The Bertz CT molecular complexity index is 934. The highest BCUT2D eigenvalue weighted by molar-refractivity contribution is 8.14. The van der Waals surface area contributed by atoms with Crippen LogP contribution in [0, 0.1) is 6.92 Å². The van der Waals surface area contributed by atoms with Crippen LogP contribution in [0.3, 0.4) is 0 Å². The second-order valence-electron chi connectivity index (χ2n) is 5.23. The van der Waals surface area contributed by atoms with Gasteiger partial charge in [0.2, 0.25) is 15.0 Å². The van der Waals surface area contributed by atoms with Crippen molar-refractivity contribution < 1.29 is 17.6 Å². The molecular formula is C14H12ClNO5S. The first-order valence-electron chi connectivity index (χ1n) is 6.54. The largest absolute Gasteiger partial charge is 0.423 e. The molecule has 8 heteroatoms. The van der Waals surface area contributed by atoms with Crippen LogP contribution in [0.15, 0.2) is 33.5 Å². The first-order valence-corrected chi connectivity index (χ1v) is 8.91. The summed E-state index contributed by atoms with van der Waals surface area (Å²) >= 11 is 0. The van der Waals surface area contributed by atoms with Gasteiger partial charge < -0.3 is 9.32 Å². The Labute approximate surface area is 130 Å². The second kappa shape index (κ2) is 5.10.